The third kappa shape index (κ3) is 3.02. The zero-order valence-electron chi connectivity index (χ0n) is 10.5. The smallest absolute Gasteiger partial charge is 0.223 e. The van der Waals surface area contributed by atoms with Gasteiger partial charge in [0.25, 0.3) is 0 Å². The molecule has 7 nitrogen and oxygen atoms in total. The van der Waals surface area contributed by atoms with Gasteiger partial charge < -0.3 is 15.6 Å². The summed E-state index contributed by atoms with van der Waals surface area (Å²) < 4.78 is 27.9. The van der Waals surface area contributed by atoms with Crippen molar-refractivity contribution in [1.82, 2.24) is 10.1 Å². The molecular weight excluding hydrogens is 268 g/mol. The largest absolute Gasteiger partial charge is 0.396 e. The number of sulfone groups is 1. The predicted molar refractivity (Wildman–Crippen MR) is 70.3 cm³/mol. The van der Waals surface area contributed by atoms with Crippen LogP contribution in [0.15, 0.2) is 27.6 Å². The minimum Gasteiger partial charge on any atom is -0.396 e. The Hall–Kier alpha value is -2.09. The Morgan fingerprint density at radius 3 is 2.74 bits per heavy atom. The maximum atomic E-state index is 11.5. The van der Waals surface area contributed by atoms with Gasteiger partial charge in [-0.05, 0) is 12.1 Å². The summed E-state index contributed by atoms with van der Waals surface area (Å²) in [6, 6.07) is 4.78. The van der Waals surface area contributed by atoms with E-state index in [0.717, 1.165) is 6.26 Å². The number of nitrogens with two attached hydrogens (primary N) is 1. The van der Waals surface area contributed by atoms with E-state index in [4.69, 9.17) is 10.3 Å². The highest BCUT2D eigenvalue weighted by atomic mass is 32.2. The van der Waals surface area contributed by atoms with Crippen LogP contribution in [-0.2, 0) is 16.4 Å². The highest BCUT2D eigenvalue weighted by Crippen LogP contribution is 2.26. The number of benzene rings is 1. The van der Waals surface area contributed by atoms with Crippen LogP contribution in [0.2, 0.25) is 0 Å². The number of nitrogens with zero attached hydrogens (tertiary/aromatic N) is 2. The molecule has 0 aliphatic carbocycles. The Bertz CT molecular complexity index is 694. The summed E-state index contributed by atoms with van der Waals surface area (Å²) in [5.74, 6) is 0.941. The molecule has 0 atom stereocenters. The van der Waals surface area contributed by atoms with Crippen molar-refractivity contribution in [2.45, 2.75) is 18.4 Å². The van der Waals surface area contributed by atoms with Crippen molar-refractivity contribution in [3.63, 3.8) is 0 Å². The van der Waals surface area contributed by atoms with Crippen molar-refractivity contribution in [3.8, 4) is 0 Å². The standard InChI is InChI=1S/C11H14N4O3S/c1-7-14-10(15-18-7)6-13-8-4-3-5-9(11(8)12)19(2,16)17/h3-5,13H,6,12H2,1-2H3. The summed E-state index contributed by atoms with van der Waals surface area (Å²) in [4.78, 5) is 4.13. The van der Waals surface area contributed by atoms with Crippen LogP contribution in [0.1, 0.15) is 11.7 Å². The normalized spacial score (nSPS) is 11.5. The first-order valence-electron chi connectivity index (χ1n) is 5.49. The van der Waals surface area contributed by atoms with Crippen molar-refractivity contribution >= 4 is 21.2 Å². The molecule has 0 fully saturated rings. The lowest BCUT2D eigenvalue weighted by Crippen LogP contribution is -2.08. The quantitative estimate of drug-likeness (QED) is 0.804. The third-order valence-electron chi connectivity index (χ3n) is 2.47. The van der Waals surface area contributed by atoms with E-state index in [1.165, 1.54) is 6.07 Å². The number of rotatable bonds is 4. The highest BCUT2D eigenvalue weighted by Gasteiger charge is 2.14. The molecule has 3 N–H and O–H groups in total. The molecule has 0 bridgehead atoms. The van der Waals surface area contributed by atoms with Crippen molar-refractivity contribution in [2.24, 2.45) is 0 Å². The fourth-order valence-electron chi connectivity index (χ4n) is 1.61. The van der Waals surface area contributed by atoms with Gasteiger partial charge >= 0.3 is 0 Å². The van der Waals surface area contributed by atoms with Gasteiger partial charge in [-0.2, -0.15) is 4.98 Å². The third-order valence-corrected chi connectivity index (χ3v) is 3.63. The molecule has 1 aromatic heterocycles. The van der Waals surface area contributed by atoms with E-state index >= 15 is 0 Å². The first-order chi connectivity index (χ1) is 8.88. The van der Waals surface area contributed by atoms with Crippen LogP contribution in [-0.4, -0.2) is 24.8 Å². The lowest BCUT2D eigenvalue weighted by atomic mass is 10.2. The average molecular weight is 282 g/mol. The average Bonchev–Trinajstić information content (AvgIpc) is 2.72. The van der Waals surface area contributed by atoms with Gasteiger partial charge in [0, 0.05) is 13.2 Å². The van der Waals surface area contributed by atoms with Crippen LogP contribution in [0.4, 0.5) is 11.4 Å². The van der Waals surface area contributed by atoms with E-state index in [-0.39, 0.29) is 10.6 Å². The summed E-state index contributed by atoms with van der Waals surface area (Å²) in [6.07, 6.45) is 1.12. The molecular formula is C11H14N4O3S. The predicted octanol–water partition coefficient (Wildman–Crippen LogP) is 0.976. The first-order valence-corrected chi connectivity index (χ1v) is 7.38. The molecule has 0 saturated heterocycles. The van der Waals surface area contributed by atoms with E-state index < -0.39 is 9.84 Å². The number of aryl methyl sites for hydroxylation is 1. The molecule has 1 aromatic carbocycles. The number of aromatic nitrogens is 2. The zero-order valence-corrected chi connectivity index (χ0v) is 11.4. The van der Waals surface area contributed by atoms with Gasteiger partial charge in [0.1, 0.15) is 0 Å². The molecule has 2 aromatic rings. The first kappa shape index (κ1) is 13.3. The number of para-hydroxylation sites is 1. The minimum absolute atomic E-state index is 0.0989. The van der Waals surface area contributed by atoms with E-state index in [9.17, 15) is 8.42 Å². The summed E-state index contributed by atoms with van der Waals surface area (Å²) in [7, 11) is -3.35. The van der Waals surface area contributed by atoms with Crippen LogP contribution >= 0.6 is 0 Å². The fraction of sp³-hybridized carbons (Fsp3) is 0.273. The Kier molecular flexibility index (Phi) is 3.43. The molecule has 2 rings (SSSR count). The molecule has 0 amide bonds. The Morgan fingerprint density at radius 1 is 1.42 bits per heavy atom. The van der Waals surface area contributed by atoms with Gasteiger partial charge in [0.05, 0.1) is 22.8 Å². The molecule has 1 heterocycles. The number of nitrogens with one attached hydrogen (secondary N) is 1. The molecule has 102 valence electrons. The topological polar surface area (TPSA) is 111 Å². The van der Waals surface area contributed by atoms with Crippen LogP contribution in [0, 0.1) is 6.92 Å². The van der Waals surface area contributed by atoms with E-state index in [1.807, 2.05) is 0 Å². The molecule has 0 saturated carbocycles. The number of anilines is 2. The molecule has 0 spiro atoms. The van der Waals surface area contributed by atoms with Crippen molar-refractivity contribution in [3.05, 3.63) is 29.9 Å². The van der Waals surface area contributed by atoms with Gasteiger partial charge in [-0.1, -0.05) is 11.2 Å². The van der Waals surface area contributed by atoms with Crippen molar-refractivity contribution in [2.75, 3.05) is 17.3 Å². The number of hydrogen-bond donors (Lipinski definition) is 2. The molecule has 0 aliphatic rings. The molecule has 0 radical (unpaired) electrons. The number of nitrogen functional groups attached to an aromatic ring is 1. The van der Waals surface area contributed by atoms with Crippen LogP contribution < -0.4 is 11.1 Å². The van der Waals surface area contributed by atoms with Crippen LogP contribution in [0.5, 0.6) is 0 Å². The maximum Gasteiger partial charge on any atom is 0.223 e. The van der Waals surface area contributed by atoms with Gasteiger partial charge in [-0.25, -0.2) is 8.42 Å². The monoisotopic (exact) mass is 282 g/mol. The lowest BCUT2D eigenvalue weighted by Gasteiger charge is -2.10. The summed E-state index contributed by atoms with van der Waals surface area (Å²) in [5, 5.41) is 6.70. The van der Waals surface area contributed by atoms with E-state index in [2.05, 4.69) is 15.5 Å². The molecule has 19 heavy (non-hydrogen) atoms. The summed E-state index contributed by atoms with van der Waals surface area (Å²) >= 11 is 0. The zero-order chi connectivity index (χ0) is 14.0. The molecule has 0 aliphatic heterocycles. The summed E-state index contributed by atoms with van der Waals surface area (Å²) in [6.45, 7) is 1.99. The van der Waals surface area contributed by atoms with Gasteiger partial charge in [-0.3, -0.25) is 0 Å². The Balaban J connectivity index is 2.22. The second-order valence-corrected chi connectivity index (χ2v) is 6.06. The van der Waals surface area contributed by atoms with Gasteiger partial charge in [-0.15, -0.1) is 0 Å². The van der Waals surface area contributed by atoms with Gasteiger partial charge in [0.15, 0.2) is 15.7 Å². The van der Waals surface area contributed by atoms with Crippen LogP contribution in [0.25, 0.3) is 0 Å². The molecule has 0 unspecified atom stereocenters. The van der Waals surface area contributed by atoms with Crippen molar-refractivity contribution in [1.29, 1.82) is 0 Å². The van der Waals surface area contributed by atoms with E-state index in [1.54, 1.807) is 19.1 Å². The maximum absolute atomic E-state index is 11.5. The lowest BCUT2D eigenvalue weighted by molar-refractivity contribution is 0.388. The second-order valence-electron chi connectivity index (χ2n) is 4.07. The van der Waals surface area contributed by atoms with Gasteiger partial charge in [0.2, 0.25) is 5.89 Å². The fourth-order valence-corrected chi connectivity index (χ4v) is 2.44. The summed E-state index contributed by atoms with van der Waals surface area (Å²) in [5.41, 5.74) is 6.54. The van der Waals surface area contributed by atoms with Crippen LogP contribution in [0.3, 0.4) is 0 Å². The SMILES string of the molecule is Cc1nc(CNc2cccc(S(C)(=O)=O)c2N)no1. The van der Waals surface area contributed by atoms with Crippen molar-refractivity contribution < 1.29 is 12.9 Å². The second kappa shape index (κ2) is 4.88. The minimum atomic E-state index is -3.35. The van der Waals surface area contributed by atoms with E-state index in [0.29, 0.717) is 23.9 Å². The number of hydrogen-bond acceptors (Lipinski definition) is 7. The highest BCUT2D eigenvalue weighted by molar-refractivity contribution is 7.90. The Morgan fingerprint density at radius 2 is 2.16 bits per heavy atom. The molecule has 8 heteroatoms. The Labute approximate surface area is 110 Å².